The highest BCUT2D eigenvalue weighted by Gasteiger charge is 2.40. The van der Waals surface area contributed by atoms with Crippen LogP contribution in [0.5, 0.6) is 0 Å². The second-order valence-corrected chi connectivity index (χ2v) is 4.44. The van der Waals surface area contributed by atoms with Gasteiger partial charge in [0.15, 0.2) is 11.9 Å². The van der Waals surface area contributed by atoms with Gasteiger partial charge in [0.2, 0.25) is 5.76 Å². The van der Waals surface area contributed by atoms with Crippen molar-refractivity contribution in [3.63, 3.8) is 0 Å². The number of carbonyl (C=O) groups is 1. The largest absolute Gasteiger partial charge is 0.499 e. The maximum atomic E-state index is 11.4. The number of benzene rings is 1. The van der Waals surface area contributed by atoms with E-state index in [9.17, 15) is 15.0 Å². The van der Waals surface area contributed by atoms with E-state index in [1.807, 2.05) is 30.3 Å². The average molecular weight is 279 g/mol. The van der Waals surface area contributed by atoms with Crippen molar-refractivity contribution < 1.29 is 24.5 Å². The first-order chi connectivity index (χ1) is 9.63. The fraction of sp³-hybridized carbons (Fsp3) is 0.357. The molecule has 1 aliphatic rings. The summed E-state index contributed by atoms with van der Waals surface area (Å²) in [5.41, 5.74) is 0.883. The quantitative estimate of drug-likeness (QED) is 0.656. The number of likely N-dealkylation sites (N-methyl/N-ethyl adjacent to an activating group) is 1. The third-order valence-electron chi connectivity index (χ3n) is 2.92. The lowest BCUT2D eigenvalue weighted by molar-refractivity contribution is -0.146. The first-order valence-corrected chi connectivity index (χ1v) is 6.27. The minimum Gasteiger partial charge on any atom is -0.499 e. The van der Waals surface area contributed by atoms with Gasteiger partial charge in [0.05, 0.1) is 0 Å². The second kappa shape index (κ2) is 6.40. The molecule has 1 heterocycles. The molecule has 0 fully saturated rings. The Morgan fingerprint density at radius 1 is 1.40 bits per heavy atom. The van der Waals surface area contributed by atoms with Gasteiger partial charge in [0, 0.05) is 6.54 Å². The van der Waals surface area contributed by atoms with Crippen LogP contribution in [0.2, 0.25) is 0 Å². The number of carbonyl (C=O) groups excluding carboxylic acids is 1. The Bertz CT molecular complexity index is 500. The molecule has 0 aromatic heterocycles. The molecule has 2 rings (SSSR count). The van der Waals surface area contributed by atoms with E-state index < -0.39 is 23.9 Å². The van der Waals surface area contributed by atoms with E-state index in [4.69, 9.17) is 9.47 Å². The molecular formula is C14H17NO5. The zero-order valence-corrected chi connectivity index (χ0v) is 11.1. The summed E-state index contributed by atoms with van der Waals surface area (Å²) < 4.78 is 10.4. The number of ether oxygens (including phenoxy) is 2. The molecule has 0 aliphatic carbocycles. The maximum Gasteiger partial charge on any atom is 0.378 e. The van der Waals surface area contributed by atoms with Gasteiger partial charge >= 0.3 is 5.97 Å². The van der Waals surface area contributed by atoms with E-state index in [1.165, 1.54) is 0 Å². The van der Waals surface area contributed by atoms with Crippen molar-refractivity contribution in [2.75, 3.05) is 13.6 Å². The summed E-state index contributed by atoms with van der Waals surface area (Å²) in [5.74, 6) is -1.49. The standard InChI is InChI=1S/C14H17NO5/c1-15-7-10(16)12-13(11(17)14(18)20-12)19-8-9-5-3-2-4-6-9/h2-6,10,12,15-17H,7-8H2,1H3/t10-,12-/m1/s1. The van der Waals surface area contributed by atoms with Crippen molar-refractivity contribution >= 4 is 5.97 Å². The summed E-state index contributed by atoms with van der Waals surface area (Å²) in [6, 6.07) is 9.30. The molecule has 0 radical (unpaired) electrons. The minimum atomic E-state index is -0.987. The van der Waals surface area contributed by atoms with Crippen LogP contribution in [0.1, 0.15) is 5.56 Å². The topological polar surface area (TPSA) is 88.0 Å². The van der Waals surface area contributed by atoms with E-state index in [2.05, 4.69) is 5.32 Å². The third-order valence-corrected chi connectivity index (χ3v) is 2.92. The van der Waals surface area contributed by atoms with Gasteiger partial charge in [0.1, 0.15) is 12.7 Å². The molecule has 3 N–H and O–H groups in total. The zero-order valence-electron chi connectivity index (χ0n) is 11.1. The van der Waals surface area contributed by atoms with Crippen molar-refractivity contribution in [2.24, 2.45) is 0 Å². The molecule has 2 atom stereocenters. The first kappa shape index (κ1) is 14.4. The van der Waals surface area contributed by atoms with Crippen LogP contribution in [0.15, 0.2) is 41.9 Å². The van der Waals surface area contributed by atoms with Gasteiger partial charge in [-0.3, -0.25) is 0 Å². The lowest BCUT2D eigenvalue weighted by atomic mass is 10.1. The summed E-state index contributed by atoms with van der Waals surface area (Å²) in [6.07, 6.45) is -1.97. The van der Waals surface area contributed by atoms with Crippen molar-refractivity contribution in [1.29, 1.82) is 0 Å². The van der Waals surface area contributed by atoms with Crippen LogP contribution in [-0.2, 0) is 20.9 Å². The van der Waals surface area contributed by atoms with Gasteiger partial charge in [-0.05, 0) is 12.6 Å². The van der Waals surface area contributed by atoms with Crippen LogP contribution in [0, 0.1) is 0 Å². The van der Waals surface area contributed by atoms with Gasteiger partial charge in [-0.15, -0.1) is 0 Å². The Morgan fingerprint density at radius 2 is 2.10 bits per heavy atom. The van der Waals surface area contributed by atoms with E-state index in [-0.39, 0.29) is 18.9 Å². The average Bonchev–Trinajstić information content (AvgIpc) is 2.74. The van der Waals surface area contributed by atoms with Gasteiger partial charge in [0.25, 0.3) is 0 Å². The molecule has 0 unspecified atom stereocenters. The molecule has 0 spiro atoms. The zero-order chi connectivity index (χ0) is 14.5. The van der Waals surface area contributed by atoms with Gasteiger partial charge in [-0.25, -0.2) is 4.79 Å². The fourth-order valence-electron chi connectivity index (χ4n) is 1.92. The van der Waals surface area contributed by atoms with Crippen molar-refractivity contribution in [3.8, 4) is 0 Å². The number of esters is 1. The predicted molar refractivity (Wildman–Crippen MR) is 70.7 cm³/mol. The van der Waals surface area contributed by atoms with Crippen LogP contribution in [0.3, 0.4) is 0 Å². The highest BCUT2D eigenvalue weighted by molar-refractivity contribution is 5.89. The van der Waals surface area contributed by atoms with Crippen LogP contribution < -0.4 is 5.32 Å². The minimum absolute atomic E-state index is 0.0263. The van der Waals surface area contributed by atoms with Gasteiger partial charge in [-0.2, -0.15) is 0 Å². The smallest absolute Gasteiger partial charge is 0.378 e. The molecule has 1 aromatic rings. The first-order valence-electron chi connectivity index (χ1n) is 6.27. The molecule has 0 saturated carbocycles. The third kappa shape index (κ3) is 3.09. The van der Waals surface area contributed by atoms with Crippen LogP contribution in [0.25, 0.3) is 0 Å². The molecule has 20 heavy (non-hydrogen) atoms. The number of aliphatic hydroxyl groups excluding tert-OH is 2. The summed E-state index contributed by atoms with van der Waals surface area (Å²) >= 11 is 0. The number of cyclic esters (lactones) is 1. The highest BCUT2D eigenvalue weighted by atomic mass is 16.6. The molecule has 0 saturated heterocycles. The van der Waals surface area contributed by atoms with E-state index >= 15 is 0 Å². The monoisotopic (exact) mass is 279 g/mol. The summed E-state index contributed by atoms with van der Waals surface area (Å²) in [7, 11) is 1.66. The SMILES string of the molecule is CNC[C@@H](O)[C@H]1OC(=O)C(O)=C1OCc1ccccc1. The molecule has 6 heteroatoms. The van der Waals surface area contributed by atoms with E-state index in [0.29, 0.717) is 0 Å². The molecule has 0 bridgehead atoms. The van der Waals surface area contributed by atoms with Crippen molar-refractivity contribution in [1.82, 2.24) is 5.32 Å². The van der Waals surface area contributed by atoms with Crippen LogP contribution in [-0.4, -0.2) is 42.0 Å². The van der Waals surface area contributed by atoms with Crippen molar-refractivity contribution in [3.05, 3.63) is 47.4 Å². The fourth-order valence-corrected chi connectivity index (χ4v) is 1.92. The van der Waals surface area contributed by atoms with Gasteiger partial charge < -0.3 is 25.0 Å². The molecule has 6 nitrogen and oxygen atoms in total. The number of aliphatic hydroxyl groups is 2. The summed E-state index contributed by atoms with van der Waals surface area (Å²) in [5, 5.41) is 22.3. The van der Waals surface area contributed by atoms with Crippen molar-refractivity contribution in [2.45, 2.75) is 18.8 Å². The lowest BCUT2D eigenvalue weighted by Crippen LogP contribution is -2.37. The van der Waals surface area contributed by atoms with Crippen LogP contribution in [0.4, 0.5) is 0 Å². The number of rotatable bonds is 6. The Kier molecular flexibility index (Phi) is 4.60. The molecule has 0 amide bonds. The molecular weight excluding hydrogens is 262 g/mol. The predicted octanol–water partition coefficient (Wildman–Crippen LogP) is 0.478. The molecule has 1 aromatic carbocycles. The Balaban J connectivity index is 2.07. The Labute approximate surface area is 116 Å². The van der Waals surface area contributed by atoms with Crippen LogP contribution >= 0.6 is 0 Å². The summed E-state index contributed by atoms with van der Waals surface area (Å²) in [6.45, 7) is 0.392. The molecule has 1 aliphatic heterocycles. The molecule has 108 valence electrons. The number of hydrogen-bond acceptors (Lipinski definition) is 6. The maximum absolute atomic E-state index is 11.4. The van der Waals surface area contributed by atoms with E-state index in [1.54, 1.807) is 7.05 Å². The Morgan fingerprint density at radius 3 is 2.75 bits per heavy atom. The summed E-state index contributed by atoms with van der Waals surface area (Å²) in [4.78, 5) is 11.4. The number of hydrogen-bond donors (Lipinski definition) is 3. The number of nitrogens with one attached hydrogen (secondary N) is 1. The normalized spacial score (nSPS) is 19.9. The van der Waals surface area contributed by atoms with Gasteiger partial charge in [-0.1, -0.05) is 30.3 Å². The highest BCUT2D eigenvalue weighted by Crippen LogP contribution is 2.25. The lowest BCUT2D eigenvalue weighted by Gasteiger charge is -2.19. The Hall–Kier alpha value is -2.05. The van der Waals surface area contributed by atoms with E-state index in [0.717, 1.165) is 5.56 Å². The second-order valence-electron chi connectivity index (χ2n) is 4.44.